The topological polar surface area (TPSA) is 60.0 Å². The van der Waals surface area contributed by atoms with Crippen molar-refractivity contribution < 1.29 is 8.58 Å². The zero-order valence-electron chi connectivity index (χ0n) is 6.12. The van der Waals surface area contributed by atoms with E-state index in [0.717, 1.165) is 0 Å². The van der Waals surface area contributed by atoms with Gasteiger partial charge in [0.05, 0.1) is 0 Å². The van der Waals surface area contributed by atoms with Gasteiger partial charge >= 0.3 is 0 Å². The minimum absolute atomic E-state index is 0.290. The number of aromatic amines is 1. The van der Waals surface area contributed by atoms with Crippen molar-refractivity contribution in [3.8, 4) is 11.5 Å². The van der Waals surface area contributed by atoms with Crippen molar-refractivity contribution in [1.82, 2.24) is 15.4 Å². The molecule has 1 heterocycles. The molecule has 0 aliphatic rings. The molecule has 1 N–H and O–H groups in total. The van der Waals surface area contributed by atoms with Gasteiger partial charge in [-0.05, 0) is 0 Å². The summed E-state index contributed by atoms with van der Waals surface area (Å²) in [7, 11) is 0. The SMILES string of the molecule is ClOc1cc2n[nH]nc2cc1OCl. The van der Waals surface area contributed by atoms with Gasteiger partial charge in [0.25, 0.3) is 0 Å². The third-order valence-electron chi connectivity index (χ3n) is 1.55. The second-order valence-electron chi connectivity index (χ2n) is 2.27. The quantitative estimate of drug-likeness (QED) is 0.840. The Kier molecular flexibility index (Phi) is 2.12. The molecule has 0 radical (unpaired) electrons. The smallest absolute Gasteiger partial charge is 0.192 e. The highest BCUT2D eigenvalue weighted by Gasteiger charge is 2.09. The fraction of sp³-hybridized carbons (Fsp3) is 0. The van der Waals surface area contributed by atoms with E-state index in [1.54, 1.807) is 12.1 Å². The zero-order valence-corrected chi connectivity index (χ0v) is 7.63. The predicted molar refractivity (Wildman–Crippen MR) is 46.9 cm³/mol. The van der Waals surface area contributed by atoms with E-state index in [2.05, 4.69) is 24.0 Å². The summed E-state index contributed by atoms with van der Waals surface area (Å²) in [4.78, 5) is 0. The third kappa shape index (κ3) is 1.36. The number of hydrogen-bond donors (Lipinski definition) is 1. The van der Waals surface area contributed by atoms with Gasteiger partial charge in [0, 0.05) is 12.1 Å². The molecule has 0 bridgehead atoms. The maximum Gasteiger partial charge on any atom is 0.192 e. The monoisotopic (exact) mass is 219 g/mol. The van der Waals surface area contributed by atoms with E-state index < -0.39 is 0 Å². The number of halogens is 2. The number of aromatic nitrogens is 3. The molecule has 0 amide bonds. The Balaban J connectivity index is 2.67. The molecule has 0 saturated carbocycles. The first-order valence-corrected chi connectivity index (χ1v) is 3.88. The lowest BCUT2D eigenvalue weighted by Crippen LogP contribution is -1.82. The van der Waals surface area contributed by atoms with E-state index in [0.29, 0.717) is 11.0 Å². The molecule has 0 fully saturated rings. The fourth-order valence-corrected chi connectivity index (χ4v) is 1.21. The maximum absolute atomic E-state index is 5.18. The van der Waals surface area contributed by atoms with Crippen LogP contribution in [-0.4, -0.2) is 15.4 Å². The van der Waals surface area contributed by atoms with Gasteiger partial charge in [0.15, 0.2) is 11.5 Å². The van der Waals surface area contributed by atoms with Crippen LogP contribution in [0.4, 0.5) is 0 Å². The van der Waals surface area contributed by atoms with Gasteiger partial charge in [-0.3, -0.25) is 0 Å². The molecule has 0 saturated heterocycles. The van der Waals surface area contributed by atoms with Crippen LogP contribution in [0.3, 0.4) is 0 Å². The number of hydrogen-bond acceptors (Lipinski definition) is 4. The summed E-state index contributed by atoms with van der Waals surface area (Å²) in [6, 6.07) is 3.12. The molecule has 68 valence electrons. The van der Waals surface area contributed by atoms with Gasteiger partial charge in [-0.25, -0.2) is 0 Å². The second-order valence-corrected chi connectivity index (χ2v) is 2.57. The first-order valence-electron chi connectivity index (χ1n) is 3.27. The number of benzene rings is 1. The Morgan fingerprint density at radius 2 is 1.46 bits per heavy atom. The zero-order chi connectivity index (χ0) is 9.26. The van der Waals surface area contributed by atoms with Crippen molar-refractivity contribution in [3.05, 3.63) is 12.1 Å². The van der Waals surface area contributed by atoms with Gasteiger partial charge in [0.2, 0.25) is 0 Å². The van der Waals surface area contributed by atoms with Crippen molar-refractivity contribution in [2.24, 2.45) is 0 Å². The van der Waals surface area contributed by atoms with Crippen molar-refractivity contribution in [2.75, 3.05) is 0 Å². The van der Waals surface area contributed by atoms with Crippen molar-refractivity contribution in [3.63, 3.8) is 0 Å². The highest BCUT2D eigenvalue weighted by Crippen LogP contribution is 2.32. The van der Waals surface area contributed by atoms with Crippen LogP contribution >= 0.6 is 23.7 Å². The minimum atomic E-state index is 0.290. The number of H-pyrrole nitrogens is 1. The van der Waals surface area contributed by atoms with E-state index in [4.69, 9.17) is 23.7 Å². The molecule has 0 atom stereocenters. The van der Waals surface area contributed by atoms with Crippen molar-refractivity contribution in [2.45, 2.75) is 0 Å². The minimum Gasteiger partial charge on any atom is -0.381 e. The molecular formula is C6H3Cl2N3O2. The van der Waals surface area contributed by atoms with Gasteiger partial charge in [-0.1, -0.05) is 0 Å². The molecule has 5 nitrogen and oxygen atoms in total. The summed E-state index contributed by atoms with van der Waals surface area (Å²) in [6.07, 6.45) is 0. The molecule has 0 spiro atoms. The number of nitrogens with zero attached hydrogens (tertiary/aromatic N) is 2. The molecular weight excluding hydrogens is 217 g/mol. The largest absolute Gasteiger partial charge is 0.381 e. The highest BCUT2D eigenvalue weighted by atomic mass is 35.5. The molecule has 0 aliphatic heterocycles. The molecule has 7 heteroatoms. The average Bonchev–Trinajstić information content (AvgIpc) is 2.62. The summed E-state index contributed by atoms with van der Waals surface area (Å²) < 4.78 is 8.99. The summed E-state index contributed by atoms with van der Waals surface area (Å²) >= 11 is 10.4. The Hall–Kier alpha value is -1.20. The van der Waals surface area contributed by atoms with Crippen LogP contribution in [0.25, 0.3) is 11.0 Å². The van der Waals surface area contributed by atoms with Crippen LogP contribution in [0.15, 0.2) is 12.1 Å². The van der Waals surface area contributed by atoms with E-state index in [1.807, 2.05) is 0 Å². The second kappa shape index (κ2) is 3.27. The van der Waals surface area contributed by atoms with Gasteiger partial charge in [0.1, 0.15) is 34.8 Å². The van der Waals surface area contributed by atoms with E-state index in [9.17, 15) is 0 Å². The van der Waals surface area contributed by atoms with Crippen LogP contribution in [-0.2, 0) is 0 Å². The van der Waals surface area contributed by atoms with Gasteiger partial charge < -0.3 is 8.58 Å². The van der Waals surface area contributed by atoms with Gasteiger partial charge in [-0.2, -0.15) is 15.4 Å². The van der Waals surface area contributed by atoms with Crippen molar-refractivity contribution >= 4 is 34.8 Å². The third-order valence-corrected chi connectivity index (χ3v) is 1.88. The molecule has 1 aromatic carbocycles. The summed E-state index contributed by atoms with van der Waals surface area (Å²) in [6.45, 7) is 0. The predicted octanol–water partition coefficient (Wildman–Crippen LogP) is 2.02. The first-order chi connectivity index (χ1) is 6.35. The van der Waals surface area contributed by atoms with Crippen LogP contribution in [0, 0.1) is 0 Å². The molecule has 2 rings (SSSR count). The molecule has 13 heavy (non-hydrogen) atoms. The Morgan fingerprint density at radius 3 is 1.85 bits per heavy atom. The van der Waals surface area contributed by atoms with E-state index in [-0.39, 0.29) is 11.5 Å². The molecule has 2 aromatic rings. The lowest BCUT2D eigenvalue weighted by Gasteiger charge is -2.00. The van der Waals surface area contributed by atoms with Crippen LogP contribution in [0.2, 0.25) is 0 Å². The van der Waals surface area contributed by atoms with Crippen LogP contribution in [0.1, 0.15) is 0 Å². The number of fused-ring (bicyclic) bond motifs is 1. The van der Waals surface area contributed by atoms with Gasteiger partial charge in [-0.15, -0.1) is 0 Å². The first kappa shape index (κ1) is 8.40. The summed E-state index contributed by atoms with van der Waals surface area (Å²) in [5.74, 6) is 0.580. The number of nitrogens with one attached hydrogen (secondary N) is 1. The standard InChI is InChI=1S/C6H3Cl2N3O2/c7-12-5-1-3-4(10-11-9-3)2-6(5)13-8/h1-2H,(H,9,10,11). The Bertz CT molecular complexity index is 393. The lowest BCUT2D eigenvalue weighted by molar-refractivity contribution is 0.545. The molecule has 1 aromatic heterocycles. The van der Waals surface area contributed by atoms with Crippen molar-refractivity contribution in [1.29, 1.82) is 0 Å². The summed E-state index contributed by atoms with van der Waals surface area (Å²) in [5.41, 5.74) is 1.24. The van der Waals surface area contributed by atoms with E-state index in [1.165, 1.54) is 0 Å². The number of rotatable bonds is 2. The van der Waals surface area contributed by atoms with E-state index >= 15 is 0 Å². The lowest BCUT2D eigenvalue weighted by atomic mass is 10.3. The van der Waals surface area contributed by atoms with Crippen LogP contribution in [0.5, 0.6) is 11.5 Å². The average molecular weight is 220 g/mol. The highest BCUT2D eigenvalue weighted by molar-refractivity contribution is 6.11. The Labute approximate surface area is 82.9 Å². The molecule has 0 unspecified atom stereocenters. The Morgan fingerprint density at radius 1 is 1.00 bits per heavy atom. The van der Waals surface area contributed by atoms with Crippen LogP contribution < -0.4 is 8.58 Å². The normalized spacial score (nSPS) is 10.3. The molecule has 0 aliphatic carbocycles. The summed E-state index contributed by atoms with van der Waals surface area (Å²) in [5, 5.41) is 10.1. The fourth-order valence-electron chi connectivity index (χ4n) is 0.971. The maximum atomic E-state index is 5.18.